The van der Waals surface area contributed by atoms with Crippen LogP contribution in [0.5, 0.6) is 0 Å². The van der Waals surface area contributed by atoms with Crippen LogP contribution in [0.15, 0.2) is 47.4 Å². The summed E-state index contributed by atoms with van der Waals surface area (Å²) in [6, 6.07) is 13.3. The van der Waals surface area contributed by atoms with E-state index in [-0.39, 0.29) is 12.1 Å². The summed E-state index contributed by atoms with van der Waals surface area (Å²) < 4.78 is 0. The Bertz CT molecular complexity index is 1170. The molecule has 1 unspecified atom stereocenters. The molecule has 0 aliphatic carbocycles. The molecule has 1 saturated heterocycles. The van der Waals surface area contributed by atoms with Crippen molar-refractivity contribution in [2.24, 2.45) is 0 Å². The number of rotatable bonds is 5. The van der Waals surface area contributed by atoms with E-state index in [1.54, 1.807) is 30.3 Å². The zero-order valence-corrected chi connectivity index (χ0v) is 21.2. The number of nitrogens with zero attached hydrogens (tertiary/aromatic N) is 2. The van der Waals surface area contributed by atoms with Gasteiger partial charge in [-0.3, -0.25) is 19.3 Å². The SMILES string of the molecule is CCN1c2cc(C)c(/C=C3\SC(=O)N(CC(=O)Nc4ccccc4)C3=O)cc2C(C)CC1(C)C. The van der Waals surface area contributed by atoms with E-state index in [0.717, 1.165) is 40.8 Å². The number of hydrogen-bond acceptors (Lipinski definition) is 5. The van der Waals surface area contributed by atoms with Gasteiger partial charge in [0.05, 0.1) is 4.91 Å². The van der Waals surface area contributed by atoms with Gasteiger partial charge in [-0.2, -0.15) is 0 Å². The Morgan fingerprint density at radius 3 is 2.59 bits per heavy atom. The lowest BCUT2D eigenvalue weighted by Gasteiger charge is -2.47. The van der Waals surface area contributed by atoms with E-state index < -0.39 is 17.1 Å². The Kier molecular flexibility index (Phi) is 6.58. The van der Waals surface area contributed by atoms with Gasteiger partial charge in [-0.1, -0.05) is 25.1 Å². The first kappa shape index (κ1) is 24.1. The second kappa shape index (κ2) is 9.29. The summed E-state index contributed by atoms with van der Waals surface area (Å²) in [4.78, 5) is 41.7. The molecule has 2 aliphatic heterocycles. The number of carbonyl (C=O) groups excluding carboxylic acids is 3. The highest BCUT2D eigenvalue weighted by atomic mass is 32.2. The van der Waals surface area contributed by atoms with Crippen molar-refractivity contribution in [3.8, 4) is 0 Å². The van der Waals surface area contributed by atoms with Gasteiger partial charge in [0.25, 0.3) is 11.1 Å². The van der Waals surface area contributed by atoms with Crippen molar-refractivity contribution in [1.29, 1.82) is 0 Å². The first-order chi connectivity index (χ1) is 16.1. The Morgan fingerprint density at radius 2 is 1.91 bits per heavy atom. The zero-order chi connectivity index (χ0) is 24.6. The highest BCUT2D eigenvalue weighted by molar-refractivity contribution is 8.18. The van der Waals surface area contributed by atoms with Gasteiger partial charge < -0.3 is 10.2 Å². The fourth-order valence-electron chi connectivity index (χ4n) is 5.05. The summed E-state index contributed by atoms with van der Waals surface area (Å²) in [5.74, 6) is -0.451. The van der Waals surface area contributed by atoms with Crippen LogP contribution in [0.4, 0.5) is 16.2 Å². The third-order valence-corrected chi connectivity index (χ3v) is 7.52. The predicted octanol–water partition coefficient (Wildman–Crippen LogP) is 5.78. The molecule has 0 bridgehead atoms. The number of nitrogens with one attached hydrogen (secondary N) is 1. The van der Waals surface area contributed by atoms with Crippen molar-refractivity contribution in [2.75, 3.05) is 23.3 Å². The van der Waals surface area contributed by atoms with Crippen LogP contribution in [-0.4, -0.2) is 40.6 Å². The van der Waals surface area contributed by atoms with Crippen LogP contribution in [0.3, 0.4) is 0 Å². The molecule has 0 saturated carbocycles. The molecule has 3 amide bonds. The topological polar surface area (TPSA) is 69.7 Å². The standard InChI is InChI=1S/C27H31N3O3S/c1-6-30-22-12-17(2)19(13-21(22)18(3)15-27(30,4)5)14-23-25(32)29(26(33)34-23)16-24(31)28-20-10-8-7-9-11-20/h7-14,18H,6,15-16H2,1-5H3,(H,28,31)/b23-14-. The number of thioether (sulfide) groups is 1. The highest BCUT2D eigenvalue weighted by Crippen LogP contribution is 2.45. The fourth-order valence-corrected chi connectivity index (χ4v) is 5.88. The summed E-state index contributed by atoms with van der Waals surface area (Å²) in [7, 11) is 0. The largest absolute Gasteiger partial charge is 0.366 e. The molecule has 2 aromatic carbocycles. The Morgan fingerprint density at radius 1 is 1.21 bits per heavy atom. The highest BCUT2D eigenvalue weighted by Gasteiger charge is 2.38. The van der Waals surface area contributed by atoms with E-state index in [9.17, 15) is 14.4 Å². The lowest BCUT2D eigenvalue weighted by Crippen LogP contribution is -2.48. The summed E-state index contributed by atoms with van der Waals surface area (Å²) in [5, 5.41) is 2.29. The van der Waals surface area contributed by atoms with Gasteiger partial charge in [-0.05, 0) is 98.8 Å². The Balaban J connectivity index is 1.57. The number of hydrogen-bond donors (Lipinski definition) is 1. The minimum Gasteiger partial charge on any atom is -0.366 e. The molecule has 0 radical (unpaired) electrons. The normalized spacial score (nSPS) is 20.6. The number of para-hydroxylation sites is 1. The summed E-state index contributed by atoms with van der Waals surface area (Å²) in [5.41, 5.74) is 5.19. The number of benzene rings is 2. The van der Waals surface area contributed by atoms with Gasteiger partial charge in [-0.25, -0.2) is 0 Å². The van der Waals surface area contributed by atoms with E-state index in [0.29, 0.717) is 16.5 Å². The Labute approximate surface area is 205 Å². The van der Waals surface area contributed by atoms with Crippen LogP contribution in [0.2, 0.25) is 0 Å². The Hall–Kier alpha value is -3.06. The van der Waals surface area contributed by atoms with E-state index >= 15 is 0 Å². The first-order valence-corrected chi connectivity index (χ1v) is 12.4. The van der Waals surface area contributed by atoms with Crippen molar-refractivity contribution in [2.45, 2.75) is 52.5 Å². The number of anilines is 2. The molecule has 2 aromatic rings. The molecular formula is C27H31N3O3S. The van der Waals surface area contributed by atoms with Gasteiger partial charge in [0, 0.05) is 23.5 Å². The van der Waals surface area contributed by atoms with E-state index in [4.69, 9.17) is 0 Å². The van der Waals surface area contributed by atoms with Crippen LogP contribution < -0.4 is 10.2 Å². The minimum absolute atomic E-state index is 0.0814. The molecule has 34 heavy (non-hydrogen) atoms. The molecule has 0 aromatic heterocycles. The summed E-state index contributed by atoms with van der Waals surface area (Å²) in [6.07, 6.45) is 2.84. The molecule has 1 atom stereocenters. The van der Waals surface area contributed by atoms with Crippen LogP contribution in [0, 0.1) is 6.92 Å². The maximum absolute atomic E-state index is 13.0. The number of fused-ring (bicyclic) bond motifs is 1. The molecular weight excluding hydrogens is 446 g/mol. The lowest BCUT2D eigenvalue weighted by molar-refractivity contribution is -0.127. The molecule has 1 N–H and O–H groups in total. The fraction of sp³-hybridized carbons (Fsp3) is 0.370. The monoisotopic (exact) mass is 477 g/mol. The average molecular weight is 478 g/mol. The van der Waals surface area contributed by atoms with Crippen LogP contribution in [0.1, 0.15) is 56.7 Å². The second-order valence-electron chi connectivity index (χ2n) is 9.61. The smallest absolute Gasteiger partial charge is 0.294 e. The van der Waals surface area contributed by atoms with Gasteiger partial charge in [0.1, 0.15) is 6.54 Å². The first-order valence-electron chi connectivity index (χ1n) is 11.6. The summed E-state index contributed by atoms with van der Waals surface area (Å²) in [6.45, 7) is 11.6. The van der Waals surface area contributed by atoms with Crippen LogP contribution in [0.25, 0.3) is 6.08 Å². The third-order valence-electron chi connectivity index (χ3n) is 6.61. The molecule has 1 fully saturated rings. The second-order valence-corrected chi connectivity index (χ2v) is 10.6. The maximum atomic E-state index is 13.0. The van der Waals surface area contributed by atoms with Gasteiger partial charge in [0.15, 0.2) is 0 Å². The molecule has 2 aliphatic rings. The third kappa shape index (κ3) is 4.62. The van der Waals surface area contributed by atoms with Crippen molar-refractivity contribution >= 4 is 46.3 Å². The van der Waals surface area contributed by atoms with Crippen LogP contribution in [-0.2, 0) is 9.59 Å². The molecule has 178 valence electrons. The summed E-state index contributed by atoms with van der Waals surface area (Å²) >= 11 is 0.885. The molecule has 7 heteroatoms. The van der Waals surface area contributed by atoms with E-state index in [1.165, 1.54) is 11.3 Å². The van der Waals surface area contributed by atoms with Crippen LogP contribution >= 0.6 is 11.8 Å². The van der Waals surface area contributed by atoms with Gasteiger partial charge in [0.2, 0.25) is 5.91 Å². The average Bonchev–Trinajstić information content (AvgIpc) is 3.02. The van der Waals surface area contributed by atoms with Gasteiger partial charge >= 0.3 is 0 Å². The maximum Gasteiger partial charge on any atom is 0.294 e. The van der Waals surface area contributed by atoms with Gasteiger partial charge in [-0.15, -0.1) is 0 Å². The van der Waals surface area contributed by atoms with E-state index in [2.05, 4.69) is 50.0 Å². The zero-order valence-electron chi connectivity index (χ0n) is 20.3. The number of imide groups is 1. The minimum atomic E-state index is -0.431. The predicted molar refractivity (Wildman–Crippen MR) is 139 cm³/mol. The lowest BCUT2D eigenvalue weighted by atomic mass is 9.79. The van der Waals surface area contributed by atoms with Crippen molar-refractivity contribution in [3.63, 3.8) is 0 Å². The quantitative estimate of drug-likeness (QED) is 0.553. The van der Waals surface area contributed by atoms with Crippen molar-refractivity contribution in [1.82, 2.24) is 4.90 Å². The van der Waals surface area contributed by atoms with Crippen molar-refractivity contribution in [3.05, 3.63) is 64.1 Å². The molecule has 0 spiro atoms. The molecule has 2 heterocycles. The number of aryl methyl sites for hydroxylation is 1. The number of carbonyl (C=O) groups is 3. The van der Waals surface area contributed by atoms with E-state index in [1.807, 2.05) is 13.0 Å². The van der Waals surface area contributed by atoms with Crippen molar-refractivity contribution < 1.29 is 14.4 Å². The molecule has 4 rings (SSSR count). The molecule has 6 nitrogen and oxygen atoms in total. The number of amides is 3.